The lowest BCUT2D eigenvalue weighted by molar-refractivity contribution is -0.0301. The summed E-state index contributed by atoms with van der Waals surface area (Å²) in [5.41, 5.74) is 1.21. The van der Waals surface area contributed by atoms with Gasteiger partial charge in [-0.05, 0) is 37.0 Å². The summed E-state index contributed by atoms with van der Waals surface area (Å²) in [6, 6.07) is 6.97. The maximum Gasteiger partial charge on any atom is 0.161 e. The number of methoxy groups -OCH3 is 1. The number of rotatable bonds is 9. The van der Waals surface area contributed by atoms with E-state index in [9.17, 15) is 0 Å². The maximum absolute atomic E-state index is 5.89. The van der Waals surface area contributed by atoms with Crippen LogP contribution in [0.4, 0.5) is 0 Å². The minimum absolute atomic E-state index is 0.299. The summed E-state index contributed by atoms with van der Waals surface area (Å²) in [6.45, 7) is 7.53. The summed E-state index contributed by atoms with van der Waals surface area (Å²) < 4.78 is 17.0. The van der Waals surface area contributed by atoms with E-state index in [1.54, 1.807) is 7.11 Å². The average molecular weight is 334 g/mol. The molecule has 1 saturated heterocycles. The molecule has 1 unspecified atom stereocenters. The summed E-state index contributed by atoms with van der Waals surface area (Å²) in [7, 11) is 1.68. The van der Waals surface area contributed by atoms with Gasteiger partial charge < -0.3 is 19.5 Å². The van der Waals surface area contributed by atoms with Crippen LogP contribution in [0.1, 0.15) is 31.7 Å². The molecule has 0 spiro atoms. The molecule has 1 aromatic carbocycles. The number of benzene rings is 1. The third-order valence-electron chi connectivity index (χ3n) is 4.62. The van der Waals surface area contributed by atoms with Gasteiger partial charge in [-0.2, -0.15) is 0 Å². The van der Waals surface area contributed by atoms with Gasteiger partial charge in [0.15, 0.2) is 11.5 Å². The standard InChI is InChI=1S/C19H30N2O3/c1-3-9-24-19-11-15(4-7-18(19)22-2)12-20-13-17-14-21(8-10-23-17)16-5-6-16/h4,7,11,16-17,20H,3,5-6,8-10,12-14H2,1-2H3. The molecule has 0 amide bonds. The normalized spacial score (nSPS) is 21.7. The molecule has 1 N–H and O–H groups in total. The Morgan fingerprint density at radius 3 is 2.92 bits per heavy atom. The van der Waals surface area contributed by atoms with Gasteiger partial charge in [0.05, 0.1) is 26.4 Å². The van der Waals surface area contributed by atoms with E-state index in [4.69, 9.17) is 14.2 Å². The predicted molar refractivity (Wildman–Crippen MR) is 94.8 cm³/mol. The molecule has 0 aromatic heterocycles. The highest BCUT2D eigenvalue weighted by Crippen LogP contribution is 2.29. The number of ether oxygens (including phenoxy) is 3. The zero-order chi connectivity index (χ0) is 16.8. The average Bonchev–Trinajstić information content (AvgIpc) is 3.45. The smallest absolute Gasteiger partial charge is 0.161 e. The topological polar surface area (TPSA) is 43.0 Å². The van der Waals surface area contributed by atoms with E-state index in [2.05, 4.69) is 29.3 Å². The Kier molecular flexibility index (Phi) is 6.35. The van der Waals surface area contributed by atoms with Crippen molar-refractivity contribution in [1.29, 1.82) is 0 Å². The molecule has 0 radical (unpaired) electrons. The van der Waals surface area contributed by atoms with Crippen molar-refractivity contribution in [2.45, 2.75) is 44.9 Å². The second-order valence-electron chi connectivity index (χ2n) is 6.68. The lowest BCUT2D eigenvalue weighted by Crippen LogP contribution is -2.47. The first-order chi connectivity index (χ1) is 11.8. The van der Waals surface area contributed by atoms with Crippen molar-refractivity contribution in [1.82, 2.24) is 10.2 Å². The van der Waals surface area contributed by atoms with E-state index < -0.39 is 0 Å². The van der Waals surface area contributed by atoms with Gasteiger partial charge >= 0.3 is 0 Å². The summed E-state index contributed by atoms with van der Waals surface area (Å²) in [5, 5.41) is 3.52. The molecule has 1 saturated carbocycles. The van der Waals surface area contributed by atoms with Crippen LogP contribution in [0, 0.1) is 0 Å². The first-order valence-electron chi connectivity index (χ1n) is 9.16. The van der Waals surface area contributed by atoms with Crippen LogP contribution in [0.3, 0.4) is 0 Å². The Bertz CT molecular complexity index is 519. The first kappa shape index (κ1) is 17.5. The Morgan fingerprint density at radius 2 is 2.17 bits per heavy atom. The van der Waals surface area contributed by atoms with Crippen LogP contribution in [-0.4, -0.2) is 57.0 Å². The van der Waals surface area contributed by atoms with E-state index in [0.717, 1.165) is 56.7 Å². The van der Waals surface area contributed by atoms with E-state index in [1.165, 1.54) is 18.4 Å². The van der Waals surface area contributed by atoms with Gasteiger partial charge in [0.25, 0.3) is 0 Å². The van der Waals surface area contributed by atoms with Gasteiger partial charge in [-0.1, -0.05) is 13.0 Å². The fourth-order valence-corrected chi connectivity index (χ4v) is 3.17. The van der Waals surface area contributed by atoms with Crippen LogP contribution in [0.5, 0.6) is 11.5 Å². The molecule has 2 fully saturated rings. The van der Waals surface area contributed by atoms with Gasteiger partial charge in [-0.3, -0.25) is 4.90 Å². The van der Waals surface area contributed by atoms with Gasteiger partial charge in [0.1, 0.15) is 0 Å². The maximum atomic E-state index is 5.89. The van der Waals surface area contributed by atoms with E-state index in [-0.39, 0.29) is 0 Å². The SMILES string of the molecule is CCCOc1cc(CNCC2CN(C3CC3)CCO2)ccc1OC. The second-order valence-corrected chi connectivity index (χ2v) is 6.68. The molecular formula is C19H30N2O3. The lowest BCUT2D eigenvalue weighted by atomic mass is 10.2. The third kappa shape index (κ3) is 4.85. The molecule has 2 aliphatic rings. The van der Waals surface area contributed by atoms with Crippen molar-refractivity contribution in [3.05, 3.63) is 23.8 Å². The Labute approximate surface area is 145 Å². The molecule has 5 heteroatoms. The molecule has 0 bridgehead atoms. The lowest BCUT2D eigenvalue weighted by Gasteiger charge is -2.33. The number of hydrogen-bond donors (Lipinski definition) is 1. The van der Waals surface area contributed by atoms with Crippen molar-refractivity contribution in [2.75, 3.05) is 40.0 Å². The fourth-order valence-electron chi connectivity index (χ4n) is 3.17. The van der Waals surface area contributed by atoms with Crippen molar-refractivity contribution < 1.29 is 14.2 Å². The molecule has 1 atom stereocenters. The van der Waals surface area contributed by atoms with E-state index in [0.29, 0.717) is 12.7 Å². The zero-order valence-corrected chi connectivity index (χ0v) is 14.9. The highest BCUT2D eigenvalue weighted by atomic mass is 16.5. The summed E-state index contributed by atoms with van der Waals surface area (Å²) >= 11 is 0. The van der Waals surface area contributed by atoms with Gasteiger partial charge in [-0.15, -0.1) is 0 Å². The zero-order valence-electron chi connectivity index (χ0n) is 14.9. The summed E-state index contributed by atoms with van der Waals surface area (Å²) in [6.07, 6.45) is 4.02. The van der Waals surface area contributed by atoms with Crippen LogP contribution < -0.4 is 14.8 Å². The van der Waals surface area contributed by atoms with Gasteiger partial charge in [0.2, 0.25) is 0 Å². The molecule has 1 aliphatic heterocycles. The number of nitrogens with one attached hydrogen (secondary N) is 1. The first-order valence-corrected chi connectivity index (χ1v) is 9.16. The molecule has 134 valence electrons. The fraction of sp³-hybridized carbons (Fsp3) is 0.684. The summed E-state index contributed by atoms with van der Waals surface area (Å²) in [4.78, 5) is 2.58. The largest absolute Gasteiger partial charge is 0.493 e. The van der Waals surface area contributed by atoms with Gasteiger partial charge in [0, 0.05) is 32.2 Å². The monoisotopic (exact) mass is 334 g/mol. The minimum atomic E-state index is 0.299. The molecule has 24 heavy (non-hydrogen) atoms. The third-order valence-corrected chi connectivity index (χ3v) is 4.62. The highest BCUT2D eigenvalue weighted by molar-refractivity contribution is 5.42. The molecule has 1 heterocycles. The van der Waals surface area contributed by atoms with Crippen LogP contribution in [-0.2, 0) is 11.3 Å². The van der Waals surface area contributed by atoms with Crippen LogP contribution in [0.25, 0.3) is 0 Å². The second kappa shape index (κ2) is 8.70. The minimum Gasteiger partial charge on any atom is -0.493 e. The highest BCUT2D eigenvalue weighted by Gasteiger charge is 2.32. The van der Waals surface area contributed by atoms with Crippen molar-refractivity contribution in [3.8, 4) is 11.5 Å². The number of hydrogen-bond acceptors (Lipinski definition) is 5. The Hall–Kier alpha value is -1.30. The summed E-state index contributed by atoms with van der Waals surface area (Å²) in [5.74, 6) is 1.62. The Morgan fingerprint density at radius 1 is 1.29 bits per heavy atom. The molecule has 5 nitrogen and oxygen atoms in total. The molecule has 1 aromatic rings. The quantitative estimate of drug-likeness (QED) is 0.751. The van der Waals surface area contributed by atoms with Crippen LogP contribution >= 0.6 is 0 Å². The van der Waals surface area contributed by atoms with Crippen LogP contribution in [0.2, 0.25) is 0 Å². The van der Waals surface area contributed by atoms with E-state index in [1.807, 2.05) is 6.07 Å². The number of morpholine rings is 1. The van der Waals surface area contributed by atoms with Crippen LogP contribution in [0.15, 0.2) is 18.2 Å². The van der Waals surface area contributed by atoms with E-state index >= 15 is 0 Å². The van der Waals surface area contributed by atoms with Crippen molar-refractivity contribution in [3.63, 3.8) is 0 Å². The molecular weight excluding hydrogens is 304 g/mol. The number of nitrogens with zero attached hydrogens (tertiary/aromatic N) is 1. The Balaban J connectivity index is 1.47. The predicted octanol–water partition coefficient (Wildman–Crippen LogP) is 2.44. The van der Waals surface area contributed by atoms with Crippen molar-refractivity contribution in [2.24, 2.45) is 0 Å². The van der Waals surface area contributed by atoms with Crippen molar-refractivity contribution >= 4 is 0 Å². The molecule has 1 aliphatic carbocycles. The van der Waals surface area contributed by atoms with Gasteiger partial charge in [-0.25, -0.2) is 0 Å². The molecule has 3 rings (SSSR count).